The molecule has 1 amide bonds. The molecule has 2 rings (SSSR count). The van der Waals surface area contributed by atoms with Crippen LogP contribution in [0.2, 0.25) is 5.02 Å². The van der Waals surface area contributed by atoms with Crippen LogP contribution in [0.25, 0.3) is 0 Å². The van der Waals surface area contributed by atoms with Gasteiger partial charge in [0.25, 0.3) is 15.9 Å². The first-order valence-electron chi connectivity index (χ1n) is 6.49. The maximum Gasteiger partial charge on any atom is 0.417 e. The minimum absolute atomic E-state index is 0.225. The van der Waals surface area contributed by atoms with E-state index in [1.165, 1.54) is 24.3 Å². The van der Waals surface area contributed by atoms with Gasteiger partial charge >= 0.3 is 6.18 Å². The fourth-order valence-corrected chi connectivity index (χ4v) is 2.88. The Morgan fingerprint density at radius 3 is 2.36 bits per heavy atom. The van der Waals surface area contributed by atoms with Crippen molar-refractivity contribution in [3.8, 4) is 5.75 Å². The summed E-state index contributed by atoms with van der Waals surface area (Å²) in [6.07, 6.45) is -4.85. The number of phenols is 1. The fourth-order valence-electron chi connectivity index (χ4n) is 1.79. The number of para-hydroxylation sites is 1. The monoisotopic (exact) mass is 394 g/mol. The highest BCUT2D eigenvalue weighted by Gasteiger charge is 2.34. The molecule has 0 saturated heterocycles. The molecule has 2 aromatic rings. The number of amides is 1. The van der Waals surface area contributed by atoms with Crippen molar-refractivity contribution in [3.05, 3.63) is 58.6 Å². The third-order valence-corrected chi connectivity index (χ3v) is 4.58. The van der Waals surface area contributed by atoms with Crippen molar-refractivity contribution in [2.75, 3.05) is 0 Å². The van der Waals surface area contributed by atoms with Crippen LogP contribution in [0.3, 0.4) is 0 Å². The molecule has 0 heterocycles. The number of phenolic OH excluding ortho intramolecular Hbond substituents is 1. The standard InChI is InChI=1S/C14H10ClF3N2O4S/c15-11-6-5-8(7-10(11)14(16,17)18)25(23,24)20-19-13(22)9-3-1-2-4-12(9)21/h1-7,20-21H,(H,19,22). The van der Waals surface area contributed by atoms with Crippen molar-refractivity contribution >= 4 is 27.5 Å². The number of hydrazine groups is 1. The molecule has 0 bridgehead atoms. The molecule has 25 heavy (non-hydrogen) atoms. The second kappa shape index (κ2) is 6.90. The van der Waals surface area contributed by atoms with E-state index in [1.54, 1.807) is 10.3 Å². The van der Waals surface area contributed by atoms with Gasteiger partial charge in [0.15, 0.2) is 0 Å². The van der Waals surface area contributed by atoms with Crippen molar-refractivity contribution in [2.45, 2.75) is 11.1 Å². The molecule has 0 aliphatic heterocycles. The number of nitrogens with one attached hydrogen (secondary N) is 2. The summed E-state index contributed by atoms with van der Waals surface area (Å²) < 4.78 is 62.5. The lowest BCUT2D eigenvalue weighted by Crippen LogP contribution is -2.41. The lowest BCUT2D eigenvalue weighted by Gasteiger charge is -2.12. The number of carbonyl (C=O) groups excluding carboxylic acids is 1. The van der Waals surface area contributed by atoms with E-state index >= 15 is 0 Å². The summed E-state index contributed by atoms with van der Waals surface area (Å²) in [5.41, 5.74) is 0.246. The van der Waals surface area contributed by atoms with Crippen LogP contribution in [0.5, 0.6) is 5.75 Å². The number of rotatable bonds is 4. The zero-order chi connectivity index (χ0) is 18.8. The predicted molar refractivity (Wildman–Crippen MR) is 82.3 cm³/mol. The molecule has 0 spiro atoms. The first-order chi connectivity index (χ1) is 11.5. The number of halogens is 4. The number of benzene rings is 2. The fraction of sp³-hybridized carbons (Fsp3) is 0.0714. The summed E-state index contributed by atoms with van der Waals surface area (Å²) in [5, 5.41) is 8.84. The third-order valence-electron chi connectivity index (χ3n) is 3.00. The van der Waals surface area contributed by atoms with Crippen molar-refractivity contribution in [2.24, 2.45) is 0 Å². The molecule has 2 aromatic carbocycles. The molecule has 6 nitrogen and oxygen atoms in total. The Hall–Kier alpha value is -2.30. The molecule has 134 valence electrons. The highest BCUT2D eigenvalue weighted by Crippen LogP contribution is 2.35. The molecule has 0 radical (unpaired) electrons. The Morgan fingerprint density at radius 2 is 1.76 bits per heavy atom. The van der Waals surface area contributed by atoms with E-state index in [4.69, 9.17) is 11.6 Å². The minimum atomic E-state index is -4.85. The van der Waals surface area contributed by atoms with E-state index in [9.17, 15) is 31.5 Å². The van der Waals surface area contributed by atoms with Gasteiger partial charge < -0.3 is 5.11 Å². The van der Waals surface area contributed by atoms with Crippen LogP contribution in [-0.2, 0) is 16.2 Å². The lowest BCUT2D eigenvalue weighted by atomic mass is 10.2. The average molecular weight is 395 g/mol. The summed E-state index contributed by atoms with van der Waals surface area (Å²) in [5.74, 6) is -1.39. The number of hydrogen-bond donors (Lipinski definition) is 3. The normalized spacial score (nSPS) is 12.0. The molecular weight excluding hydrogens is 385 g/mol. The van der Waals surface area contributed by atoms with Gasteiger partial charge in [0.05, 0.1) is 21.0 Å². The first kappa shape index (κ1) is 19.0. The van der Waals surface area contributed by atoms with Gasteiger partial charge in [0, 0.05) is 0 Å². The Bertz CT molecular complexity index is 917. The number of hydrogen-bond acceptors (Lipinski definition) is 4. The average Bonchev–Trinajstić information content (AvgIpc) is 2.52. The third kappa shape index (κ3) is 4.41. The molecule has 0 fully saturated rings. The number of aromatic hydroxyl groups is 1. The molecule has 0 aliphatic carbocycles. The summed E-state index contributed by atoms with van der Waals surface area (Å²) in [6.45, 7) is 0. The second-order valence-corrected chi connectivity index (χ2v) is 6.81. The van der Waals surface area contributed by atoms with Crippen molar-refractivity contribution in [1.82, 2.24) is 10.3 Å². The second-order valence-electron chi connectivity index (χ2n) is 4.72. The zero-order valence-electron chi connectivity index (χ0n) is 12.1. The van der Waals surface area contributed by atoms with Gasteiger partial charge in [-0.3, -0.25) is 10.2 Å². The SMILES string of the molecule is O=C(NNS(=O)(=O)c1ccc(Cl)c(C(F)(F)F)c1)c1ccccc1O. The Labute approximate surface area is 145 Å². The quantitative estimate of drug-likeness (QED) is 0.695. The van der Waals surface area contributed by atoms with Gasteiger partial charge in [-0.2, -0.15) is 13.2 Å². The summed E-state index contributed by atoms with van der Waals surface area (Å²) in [7, 11) is -4.50. The van der Waals surface area contributed by atoms with Crippen LogP contribution in [-0.4, -0.2) is 19.4 Å². The minimum Gasteiger partial charge on any atom is -0.507 e. The lowest BCUT2D eigenvalue weighted by molar-refractivity contribution is -0.137. The van der Waals surface area contributed by atoms with Crippen LogP contribution in [0, 0.1) is 0 Å². The van der Waals surface area contributed by atoms with Crippen LogP contribution in [0.4, 0.5) is 13.2 Å². The number of sulfonamides is 1. The van der Waals surface area contributed by atoms with Gasteiger partial charge in [-0.05, 0) is 30.3 Å². The summed E-state index contributed by atoms with van der Waals surface area (Å²) >= 11 is 5.42. The summed E-state index contributed by atoms with van der Waals surface area (Å²) in [4.78, 5) is 12.7. The highest BCUT2D eigenvalue weighted by atomic mass is 35.5. The largest absolute Gasteiger partial charge is 0.507 e. The maximum atomic E-state index is 12.8. The smallest absolute Gasteiger partial charge is 0.417 e. The zero-order valence-corrected chi connectivity index (χ0v) is 13.7. The van der Waals surface area contributed by atoms with Gasteiger partial charge in [-0.1, -0.05) is 23.7 Å². The van der Waals surface area contributed by atoms with Gasteiger partial charge in [0.1, 0.15) is 5.75 Å². The van der Waals surface area contributed by atoms with Crippen LogP contribution < -0.4 is 10.3 Å². The molecule has 0 saturated carbocycles. The van der Waals surface area contributed by atoms with Crippen molar-refractivity contribution in [1.29, 1.82) is 0 Å². The molecule has 0 atom stereocenters. The van der Waals surface area contributed by atoms with Crippen molar-refractivity contribution in [3.63, 3.8) is 0 Å². The van der Waals surface area contributed by atoms with E-state index in [2.05, 4.69) is 0 Å². The Morgan fingerprint density at radius 1 is 1.12 bits per heavy atom. The first-order valence-corrected chi connectivity index (χ1v) is 8.35. The Balaban J connectivity index is 2.23. The molecular formula is C14H10ClF3N2O4S. The molecule has 0 unspecified atom stereocenters. The predicted octanol–water partition coefficient (Wildman–Crippen LogP) is 2.69. The van der Waals surface area contributed by atoms with E-state index in [0.29, 0.717) is 6.07 Å². The van der Waals surface area contributed by atoms with Crippen LogP contribution in [0.1, 0.15) is 15.9 Å². The van der Waals surface area contributed by atoms with Crippen LogP contribution in [0.15, 0.2) is 47.4 Å². The van der Waals surface area contributed by atoms with Crippen LogP contribution >= 0.6 is 11.6 Å². The molecule has 0 aliphatic rings. The van der Waals surface area contributed by atoms with Gasteiger partial charge in [0.2, 0.25) is 0 Å². The number of carbonyl (C=O) groups is 1. The number of alkyl halides is 3. The maximum absolute atomic E-state index is 12.8. The highest BCUT2D eigenvalue weighted by molar-refractivity contribution is 7.89. The van der Waals surface area contributed by atoms with E-state index in [1.807, 2.05) is 0 Å². The molecule has 3 N–H and O–H groups in total. The topological polar surface area (TPSA) is 95.5 Å². The van der Waals surface area contributed by atoms with E-state index in [-0.39, 0.29) is 5.56 Å². The summed E-state index contributed by atoms with van der Waals surface area (Å²) in [6, 6.07) is 7.29. The Kier molecular flexibility index (Phi) is 5.26. The van der Waals surface area contributed by atoms with E-state index < -0.39 is 43.3 Å². The van der Waals surface area contributed by atoms with Gasteiger partial charge in [-0.25, -0.2) is 8.42 Å². The molecule has 11 heteroatoms. The van der Waals surface area contributed by atoms with Crippen molar-refractivity contribution < 1.29 is 31.5 Å². The van der Waals surface area contributed by atoms with Gasteiger partial charge in [-0.15, -0.1) is 4.83 Å². The van der Waals surface area contributed by atoms with E-state index in [0.717, 1.165) is 12.1 Å². The molecule has 0 aromatic heterocycles.